The maximum atomic E-state index is 13.2. The van der Waals surface area contributed by atoms with Gasteiger partial charge in [-0.1, -0.05) is 35.9 Å². The Morgan fingerprint density at radius 2 is 1.85 bits per heavy atom. The van der Waals surface area contributed by atoms with Crippen LogP contribution < -0.4 is 10.2 Å². The first-order chi connectivity index (χ1) is 13.1. The minimum Gasteiger partial charge on any atom is -0.368 e. The molecule has 1 saturated heterocycles. The Hall–Kier alpha value is -2.66. The van der Waals surface area contributed by atoms with E-state index in [-0.39, 0.29) is 11.8 Å². The Morgan fingerprint density at radius 1 is 1.07 bits per heavy atom. The van der Waals surface area contributed by atoms with Gasteiger partial charge in [0.05, 0.1) is 0 Å². The number of hydrogen-bond acceptors (Lipinski definition) is 3. The van der Waals surface area contributed by atoms with Crippen LogP contribution >= 0.6 is 0 Å². The maximum Gasteiger partial charge on any atom is 0.256 e. The second-order valence-electron chi connectivity index (χ2n) is 7.25. The van der Waals surface area contributed by atoms with Crippen LogP contribution in [-0.2, 0) is 20.7 Å². The van der Waals surface area contributed by atoms with Gasteiger partial charge in [-0.05, 0) is 56.4 Å². The summed E-state index contributed by atoms with van der Waals surface area (Å²) in [5.41, 5.74) is 3.81. The first-order valence-electron chi connectivity index (χ1n) is 9.53. The molecule has 0 spiro atoms. The zero-order chi connectivity index (χ0) is 18.8. The van der Waals surface area contributed by atoms with E-state index < -0.39 is 12.1 Å². The van der Waals surface area contributed by atoms with Gasteiger partial charge in [-0.3, -0.25) is 14.5 Å². The number of hydrogen-bond donors (Lipinski definition) is 1. The van der Waals surface area contributed by atoms with Crippen LogP contribution in [0.3, 0.4) is 0 Å². The Morgan fingerprint density at radius 3 is 2.59 bits per heavy atom. The predicted octanol–water partition coefficient (Wildman–Crippen LogP) is 3.46. The van der Waals surface area contributed by atoms with Crippen molar-refractivity contribution in [1.82, 2.24) is 0 Å². The number of ether oxygens (including phenoxy) is 1. The van der Waals surface area contributed by atoms with E-state index in [9.17, 15) is 9.59 Å². The summed E-state index contributed by atoms with van der Waals surface area (Å²) in [5.74, 6) is -0.261. The number of carbonyl (C=O) groups excluding carboxylic acids is 2. The van der Waals surface area contributed by atoms with Gasteiger partial charge in [0.15, 0.2) is 0 Å². The van der Waals surface area contributed by atoms with Crippen molar-refractivity contribution in [3.05, 3.63) is 59.7 Å². The van der Waals surface area contributed by atoms with E-state index in [1.807, 2.05) is 55.5 Å². The van der Waals surface area contributed by atoms with E-state index in [4.69, 9.17) is 4.74 Å². The van der Waals surface area contributed by atoms with Gasteiger partial charge >= 0.3 is 0 Å². The van der Waals surface area contributed by atoms with Crippen molar-refractivity contribution in [3.63, 3.8) is 0 Å². The van der Waals surface area contributed by atoms with Crippen LogP contribution in [0.25, 0.3) is 0 Å². The summed E-state index contributed by atoms with van der Waals surface area (Å²) in [5, 5.41) is 2.97. The molecule has 0 bridgehead atoms. The number of nitrogens with one attached hydrogen (secondary N) is 1. The summed E-state index contributed by atoms with van der Waals surface area (Å²) in [7, 11) is 0. The molecule has 4 rings (SSSR count). The zero-order valence-electron chi connectivity index (χ0n) is 15.5. The highest BCUT2D eigenvalue weighted by Crippen LogP contribution is 2.33. The molecule has 0 aromatic heterocycles. The molecule has 0 aliphatic carbocycles. The van der Waals surface area contributed by atoms with Crippen LogP contribution in [0.5, 0.6) is 0 Å². The Bertz CT molecular complexity index is 841. The van der Waals surface area contributed by atoms with Crippen LogP contribution in [0.4, 0.5) is 11.4 Å². The molecule has 2 aliphatic rings. The summed E-state index contributed by atoms with van der Waals surface area (Å²) in [6, 6.07) is 15.0. The number of anilines is 2. The smallest absolute Gasteiger partial charge is 0.256 e. The normalized spacial score (nSPS) is 21.6. The van der Waals surface area contributed by atoms with Crippen molar-refractivity contribution in [2.45, 2.75) is 44.8 Å². The van der Waals surface area contributed by atoms with Crippen molar-refractivity contribution < 1.29 is 14.3 Å². The Balaban J connectivity index is 1.62. The highest BCUT2D eigenvalue weighted by atomic mass is 16.5. The number of amides is 2. The summed E-state index contributed by atoms with van der Waals surface area (Å²) in [6.45, 7) is 2.61. The highest BCUT2D eigenvalue weighted by molar-refractivity contribution is 6.07. The van der Waals surface area contributed by atoms with Crippen molar-refractivity contribution in [1.29, 1.82) is 0 Å². The van der Waals surface area contributed by atoms with Crippen molar-refractivity contribution in [2.24, 2.45) is 0 Å². The summed E-state index contributed by atoms with van der Waals surface area (Å²) in [4.78, 5) is 27.9. The fourth-order valence-corrected chi connectivity index (χ4v) is 3.86. The van der Waals surface area contributed by atoms with Crippen molar-refractivity contribution in [3.8, 4) is 0 Å². The number of para-hydroxylation sites is 1. The molecule has 5 nitrogen and oxygen atoms in total. The molecule has 0 saturated carbocycles. The molecule has 1 N–H and O–H groups in total. The van der Waals surface area contributed by atoms with E-state index in [1.54, 1.807) is 4.90 Å². The number of benzene rings is 2. The van der Waals surface area contributed by atoms with Crippen LogP contribution in [0.2, 0.25) is 0 Å². The van der Waals surface area contributed by atoms with E-state index in [1.165, 1.54) is 0 Å². The molecule has 1 fully saturated rings. The van der Waals surface area contributed by atoms with Crippen LogP contribution in [-0.4, -0.2) is 30.6 Å². The van der Waals surface area contributed by atoms with Crippen molar-refractivity contribution in [2.75, 3.05) is 16.8 Å². The molecule has 2 aliphatic heterocycles. The average molecular weight is 364 g/mol. The number of carbonyl (C=O) groups is 2. The largest absolute Gasteiger partial charge is 0.368 e. The Labute approximate surface area is 159 Å². The molecule has 0 radical (unpaired) electrons. The quantitative estimate of drug-likeness (QED) is 0.907. The van der Waals surface area contributed by atoms with Gasteiger partial charge < -0.3 is 10.1 Å². The fraction of sp³-hybridized carbons (Fsp3) is 0.364. The third-order valence-corrected chi connectivity index (χ3v) is 5.31. The zero-order valence-corrected chi connectivity index (χ0v) is 15.5. The molecular formula is C22H24N2O3. The van der Waals surface area contributed by atoms with Gasteiger partial charge in [-0.15, -0.1) is 0 Å². The summed E-state index contributed by atoms with van der Waals surface area (Å²) >= 11 is 0. The molecule has 2 aromatic carbocycles. The molecule has 2 atom stereocenters. The second-order valence-corrected chi connectivity index (χ2v) is 7.25. The standard InChI is InChI=1S/C22H24N2O3/c1-15-8-11-17(12-9-15)23-21(25)19-13-10-16-5-2-3-6-18(16)24(19)22(26)20-7-4-14-27-20/h2-3,5-6,8-9,11-12,19-20H,4,7,10,13-14H2,1H3,(H,23,25)/t19-,20+/m0/s1. The van der Waals surface area contributed by atoms with E-state index in [0.29, 0.717) is 19.4 Å². The first kappa shape index (κ1) is 17.7. The minimum atomic E-state index is -0.530. The maximum absolute atomic E-state index is 13.2. The molecule has 2 amide bonds. The lowest BCUT2D eigenvalue weighted by Crippen LogP contribution is -2.53. The Kier molecular flexibility index (Phi) is 4.94. The van der Waals surface area contributed by atoms with Crippen LogP contribution in [0, 0.1) is 6.92 Å². The number of rotatable bonds is 3. The molecule has 27 heavy (non-hydrogen) atoms. The average Bonchev–Trinajstić information content (AvgIpc) is 3.23. The number of aryl methyl sites for hydroxylation is 2. The first-order valence-corrected chi connectivity index (χ1v) is 9.53. The second kappa shape index (κ2) is 7.53. The SMILES string of the molecule is Cc1ccc(NC(=O)[C@@H]2CCc3ccccc3N2C(=O)[C@H]2CCCO2)cc1. The van der Waals surface area contributed by atoms with Crippen LogP contribution in [0.15, 0.2) is 48.5 Å². The molecule has 2 aromatic rings. The lowest BCUT2D eigenvalue weighted by atomic mass is 9.94. The number of nitrogens with zero attached hydrogens (tertiary/aromatic N) is 1. The lowest BCUT2D eigenvalue weighted by molar-refractivity contribution is -0.130. The van der Waals surface area contributed by atoms with Crippen LogP contribution in [0.1, 0.15) is 30.4 Å². The van der Waals surface area contributed by atoms with Gasteiger partial charge in [0.2, 0.25) is 5.91 Å². The monoisotopic (exact) mass is 364 g/mol. The van der Waals surface area contributed by atoms with Gasteiger partial charge in [-0.25, -0.2) is 0 Å². The fourth-order valence-electron chi connectivity index (χ4n) is 3.86. The van der Waals surface area contributed by atoms with E-state index in [0.717, 1.165) is 35.3 Å². The van der Waals surface area contributed by atoms with Gasteiger partial charge in [0.1, 0.15) is 12.1 Å². The summed E-state index contributed by atoms with van der Waals surface area (Å²) in [6.07, 6.45) is 2.52. The van der Waals surface area contributed by atoms with Gasteiger partial charge in [-0.2, -0.15) is 0 Å². The van der Waals surface area contributed by atoms with Crippen molar-refractivity contribution >= 4 is 23.2 Å². The molecule has 2 heterocycles. The third-order valence-electron chi connectivity index (χ3n) is 5.31. The van der Waals surface area contributed by atoms with E-state index >= 15 is 0 Å². The molecule has 140 valence electrons. The van der Waals surface area contributed by atoms with Gasteiger partial charge in [0.25, 0.3) is 5.91 Å². The van der Waals surface area contributed by atoms with E-state index in [2.05, 4.69) is 5.32 Å². The third kappa shape index (κ3) is 3.60. The predicted molar refractivity (Wildman–Crippen MR) is 105 cm³/mol. The topological polar surface area (TPSA) is 58.6 Å². The van der Waals surface area contributed by atoms with Gasteiger partial charge in [0, 0.05) is 18.0 Å². The molecular weight excluding hydrogens is 340 g/mol. The molecule has 5 heteroatoms. The minimum absolute atomic E-state index is 0.108. The highest BCUT2D eigenvalue weighted by Gasteiger charge is 2.39. The lowest BCUT2D eigenvalue weighted by Gasteiger charge is -2.37. The molecule has 0 unspecified atom stereocenters. The summed E-state index contributed by atoms with van der Waals surface area (Å²) < 4.78 is 5.62. The number of fused-ring (bicyclic) bond motifs is 1.